The largest absolute Gasteiger partial charge is 0.370 e. The molecule has 1 aromatic carbocycles. The highest BCUT2D eigenvalue weighted by Gasteiger charge is 2.31. The van der Waals surface area contributed by atoms with Gasteiger partial charge in [-0.3, -0.25) is 9.36 Å². The molecule has 1 aliphatic heterocycles. The zero-order valence-electron chi connectivity index (χ0n) is 19.7. The molecule has 0 unspecified atom stereocenters. The maximum absolute atomic E-state index is 13.9. The van der Waals surface area contributed by atoms with Crippen molar-refractivity contribution >= 4 is 33.3 Å². The van der Waals surface area contributed by atoms with Crippen LogP contribution in [0, 0.1) is 6.92 Å². The highest BCUT2D eigenvalue weighted by atomic mass is 32.2. The average Bonchev–Trinajstić information content (AvgIpc) is 3.11. The highest BCUT2D eigenvalue weighted by Crippen LogP contribution is 2.38. The first kappa shape index (κ1) is 23.5. The van der Waals surface area contributed by atoms with Crippen LogP contribution >= 0.6 is 23.1 Å². The number of thiophene rings is 1. The van der Waals surface area contributed by atoms with Gasteiger partial charge in [0.1, 0.15) is 4.83 Å². The summed E-state index contributed by atoms with van der Waals surface area (Å²) >= 11 is 3.34. The minimum Gasteiger partial charge on any atom is -0.370 e. The molecule has 0 amide bonds. The van der Waals surface area contributed by atoms with Crippen molar-refractivity contribution in [3.63, 3.8) is 0 Å². The number of aromatic nitrogens is 2. The first-order chi connectivity index (χ1) is 15.4. The molecular weight excluding hydrogens is 436 g/mol. The molecule has 0 saturated heterocycles. The summed E-state index contributed by atoms with van der Waals surface area (Å²) in [4.78, 5) is 21.0. The van der Waals surface area contributed by atoms with Crippen LogP contribution in [0.25, 0.3) is 15.9 Å². The summed E-state index contributed by atoms with van der Waals surface area (Å²) in [5.74, 6) is 0.983. The Hall–Kier alpha value is -1.63. The topological polar surface area (TPSA) is 44.1 Å². The molecule has 0 fully saturated rings. The zero-order chi connectivity index (χ0) is 22.7. The second kappa shape index (κ2) is 10.1. The van der Waals surface area contributed by atoms with E-state index in [1.54, 1.807) is 23.1 Å². The van der Waals surface area contributed by atoms with Crippen LogP contribution in [-0.4, -0.2) is 20.9 Å². The van der Waals surface area contributed by atoms with E-state index in [4.69, 9.17) is 9.72 Å². The van der Waals surface area contributed by atoms with Crippen LogP contribution in [0.5, 0.6) is 0 Å². The van der Waals surface area contributed by atoms with Gasteiger partial charge < -0.3 is 4.74 Å². The molecule has 0 spiro atoms. The van der Waals surface area contributed by atoms with Gasteiger partial charge in [-0.2, -0.15) is 0 Å². The van der Waals surface area contributed by atoms with Gasteiger partial charge in [-0.1, -0.05) is 69.0 Å². The summed E-state index contributed by atoms with van der Waals surface area (Å²) in [7, 11) is 0. The Morgan fingerprint density at radius 2 is 1.91 bits per heavy atom. The first-order valence-electron chi connectivity index (χ1n) is 11.8. The molecular formula is C26H34N2O2S2. The Balaban J connectivity index is 1.71. The molecule has 3 aromatic rings. The van der Waals surface area contributed by atoms with Crippen LogP contribution in [0.1, 0.15) is 75.3 Å². The number of hydrogen-bond donors (Lipinski definition) is 0. The zero-order valence-corrected chi connectivity index (χ0v) is 21.3. The van der Waals surface area contributed by atoms with Crippen LogP contribution in [0.15, 0.2) is 34.2 Å². The quantitative estimate of drug-likeness (QED) is 0.191. The lowest BCUT2D eigenvalue weighted by molar-refractivity contribution is -0.0379. The Morgan fingerprint density at radius 3 is 2.69 bits per heavy atom. The molecule has 172 valence electrons. The predicted octanol–water partition coefficient (Wildman–Crippen LogP) is 7.06. The molecule has 4 rings (SSSR count). The van der Waals surface area contributed by atoms with Gasteiger partial charge in [0.25, 0.3) is 5.56 Å². The van der Waals surface area contributed by atoms with Crippen molar-refractivity contribution in [3.05, 3.63) is 50.6 Å². The molecule has 0 saturated carbocycles. The summed E-state index contributed by atoms with van der Waals surface area (Å²) in [6, 6.07) is 8.12. The highest BCUT2D eigenvalue weighted by molar-refractivity contribution is 7.99. The molecule has 6 heteroatoms. The summed E-state index contributed by atoms with van der Waals surface area (Å²) in [6.07, 6.45) is 8.34. The number of fused-ring (bicyclic) bond motifs is 3. The molecule has 3 heterocycles. The van der Waals surface area contributed by atoms with E-state index in [0.717, 1.165) is 55.7 Å². The van der Waals surface area contributed by atoms with Crippen LogP contribution in [0.2, 0.25) is 0 Å². The van der Waals surface area contributed by atoms with Gasteiger partial charge in [0.2, 0.25) is 0 Å². The van der Waals surface area contributed by atoms with Crippen molar-refractivity contribution in [2.24, 2.45) is 0 Å². The fourth-order valence-corrected chi connectivity index (χ4v) is 6.49. The number of ether oxygens (including phenoxy) is 1. The van der Waals surface area contributed by atoms with Crippen LogP contribution in [0.3, 0.4) is 0 Å². The maximum Gasteiger partial charge on any atom is 0.267 e. The Morgan fingerprint density at radius 1 is 1.16 bits per heavy atom. The monoisotopic (exact) mass is 470 g/mol. The first-order valence-corrected chi connectivity index (χ1v) is 13.6. The Kier molecular flexibility index (Phi) is 7.43. The third-order valence-electron chi connectivity index (χ3n) is 6.16. The summed E-state index contributed by atoms with van der Waals surface area (Å²) in [5.41, 5.74) is 2.96. The average molecular weight is 471 g/mol. The van der Waals surface area contributed by atoms with Gasteiger partial charge in [-0.25, -0.2) is 4.98 Å². The SMILES string of the molecule is CCCCCCCCSc1nc2sc3c(c2c(=O)n1-c1ccccc1C)CC(C)(C)OC3. The standard InChI is InChI=1S/C26H34N2O2S2/c1-5-6-7-8-9-12-15-31-25-27-23-22(19-16-26(3,4)30-17-21(19)32-23)24(29)28(25)20-14-11-10-13-18(20)2/h10-11,13-14H,5-9,12,15-17H2,1-4H3. The van der Waals surface area contributed by atoms with Crippen LogP contribution in [0.4, 0.5) is 0 Å². The van der Waals surface area contributed by atoms with Gasteiger partial charge in [-0.05, 0) is 44.4 Å². The van der Waals surface area contributed by atoms with Gasteiger partial charge in [-0.15, -0.1) is 11.3 Å². The van der Waals surface area contributed by atoms with E-state index in [1.165, 1.54) is 32.1 Å². The van der Waals surface area contributed by atoms with E-state index in [2.05, 4.69) is 33.8 Å². The number of rotatable bonds is 9. The van der Waals surface area contributed by atoms with E-state index in [0.29, 0.717) is 6.61 Å². The maximum atomic E-state index is 13.9. The number of aryl methyl sites for hydroxylation is 1. The summed E-state index contributed by atoms with van der Waals surface area (Å²) in [6.45, 7) is 9.06. The lowest BCUT2D eigenvalue weighted by Crippen LogP contribution is -2.32. The molecule has 0 aliphatic carbocycles. The fourth-order valence-electron chi connectivity index (χ4n) is 4.34. The lowest BCUT2D eigenvalue weighted by Gasteiger charge is -2.30. The molecule has 4 nitrogen and oxygen atoms in total. The summed E-state index contributed by atoms with van der Waals surface area (Å²) < 4.78 is 7.87. The number of benzene rings is 1. The van der Waals surface area contributed by atoms with E-state index in [1.807, 2.05) is 22.8 Å². The number of hydrogen-bond acceptors (Lipinski definition) is 5. The molecule has 0 N–H and O–H groups in total. The van der Waals surface area contributed by atoms with E-state index in [9.17, 15) is 4.79 Å². The van der Waals surface area contributed by atoms with E-state index in [-0.39, 0.29) is 11.2 Å². The Labute approximate surface area is 199 Å². The number of para-hydroxylation sites is 1. The molecule has 0 bridgehead atoms. The Bertz CT molecular complexity index is 1150. The van der Waals surface area contributed by atoms with Crippen LogP contribution < -0.4 is 5.56 Å². The molecule has 32 heavy (non-hydrogen) atoms. The minimum absolute atomic E-state index is 0.0601. The third kappa shape index (κ3) is 4.97. The predicted molar refractivity (Wildman–Crippen MR) is 137 cm³/mol. The molecule has 2 aromatic heterocycles. The van der Waals surface area contributed by atoms with Crippen molar-refractivity contribution in [1.29, 1.82) is 0 Å². The van der Waals surface area contributed by atoms with Gasteiger partial charge in [0.15, 0.2) is 5.16 Å². The van der Waals surface area contributed by atoms with Crippen molar-refractivity contribution < 1.29 is 4.74 Å². The lowest BCUT2D eigenvalue weighted by atomic mass is 9.94. The normalized spacial score (nSPS) is 15.2. The molecule has 0 radical (unpaired) electrons. The van der Waals surface area contributed by atoms with E-state index >= 15 is 0 Å². The molecule has 1 aliphatic rings. The number of unbranched alkanes of at least 4 members (excludes halogenated alkanes) is 5. The second-order valence-electron chi connectivity index (χ2n) is 9.35. The van der Waals surface area contributed by atoms with Crippen molar-refractivity contribution in [2.45, 2.75) is 90.0 Å². The number of thioether (sulfide) groups is 1. The van der Waals surface area contributed by atoms with Crippen molar-refractivity contribution in [2.75, 3.05) is 5.75 Å². The van der Waals surface area contributed by atoms with E-state index < -0.39 is 0 Å². The fraction of sp³-hybridized carbons (Fsp3) is 0.538. The number of nitrogens with zero attached hydrogens (tertiary/aromatic N) is 2. The van der Waals surface area contributed by atoms with Crippen molar-refractivity contribution in [1.82, 2.24) is 9.55 Å². The summed E-state index contributed by atoms with van der Waals surface area (Å²) in [5, 5.41) is 1.60. The van der Waals surface area contributed by atoms with Gasteiger partial charge in [0, 0.05) is 17.1 Å². The van der Waals surface area contributed by atoms with Gasteiger partial charge >= 0.3 is 0 Å². The molecule has 0 atom stereocenters. The van der Waals surface area contributed by atoms with Crippen LogP contribution in [-0.2, 0) is 17.8 Å². The van der Waals surface area contributed by atoms with Gasteiger partial charge in [0.05, 0.1) is 23.3 Å². The second-order valence-corrected chi connectivity index (χ2v) is 11.5. The third-order valence-corrected chi connectivity index (χ3v) is 8.28. The van der Waals surface area contributed by atoms with Crippen molar-refractivity contribution in [3.8, 4) is 5.69 Å². The minimum atomic E-state index is -0.258. The smallest absolute Gasteiger partial charge is 0.267 e.